The van der Waals surface area contributed by atoms with Crippen LogP contribution in [0.25, 0.3) is 0 Å². The van der Waals surface area contributed by atoms with Crippen LogP contribution in [0.15, 0.2) is 24.5 Å². The molecule has 1 rings (SSSR count). The average Bonchev–Trinajstić information content (AvgIpc) is 2.43. The minimum absolute atomic E-state index is 0. The van der Waals surface area contributed by atoms with Crippen LogP contribution in [0.3, 0.4) is 0 Å². The first kappa shape index (κ1) is 20.0. The van der Waals surface area contributed by atoms with Gasteiger partial charge in [-0.3, -0.25) is 0 Å². The van der Waals surface area contributed by atoms with Crippen LogP contribution in [0.5, 0.6) is 0 Å². The number of aromatic nitrogens is 1. The van der Waals surface area contributed by atoms with Crippen LogP contribution >= 0.6 is 12.6 Å². The van der Waals surface area contributed by atoms with Gasteiger partial charge in [0, 0.05) is 18.6 Å². The lowest BCUT2D eigenvalue weighted by atomic mass is 10.1. The van der Waals surface area contributed by atoms with Crippen LogP contribution in [0.2, 0.25) is 0 Å². The van der Waals surface area contributed by atoms with E-state index in [-0.39, 0.29) is 17.0 Å². The number of pyridine rings is 1. The molecule has 1 aromatic rings. The van der Waals surface area contributed by atoms with Gasteiger partial charge in [0.2, 0.25) is 0 Å². The van der Waals surface area contributed by atoms with E-state index in [1.807, 2.05) is 0 Å². The summed E-state index contributed by atoms with van der Waals surface area (Å²) in [5.74, 6) is 1.05. The van der Waals surface area contributed by atoms with Crippen molar-refractivity contribution in [3.63, 3.8) is 0 Å². The summed E-state index contributed by atoms with van der Waals surface area (Å²) >= 11 is 4.24. The van der Waals surface area contributed by atoms with Gasteiger partial charge in [0.1, 0.15) is 6.54 Å². The molecule has 0 unspecified atom stereocenters. The third-order valence-corrected chi connectivity index (χ3v) is 3.95. The Morgan fingerprint density at radius 3 is 1.75 bits per heavy atom. The Kier molecular flexibility index (Phi) is 13.9. The molecule has 0 aliphatic heterocycles. The number of hydrogen-bond donors (Lipinski definition) is 1. The van der Waals surface area contributed by atoms with Gasteiger partial charge in [-0.1, -0.05) is 38.5 Å². The van der Waals surface area contributed by atoms with Crippen molar-refractivity contribution in [2.75, 3.05) is 5.75 Å². The average molecular weight is 360 g/mol. The van der Waals surface area contributed by atoms with Gasteiger partial charge in [0.05, 0.1) is 0 Å². The Labute approximate surface area is 141 Å². The molecule has 1 heterocycles. The van der Waals surface area contributed by atoms with Gasteiger partial charge in [-0.25, -0.2) is 4.57 Å². The molecular weight excluding hydrogens is 330 g/mol. The standard InChI is InChI=1S/C17H29NS.BrH/c1-17-11-14-18(15-12-17)13-9-7-5-3-2-4-6-8-10-16-19;/h11-12,14-15H,2-10,13,16H2,1H3;1H. The minimum atomic E-state index is 0. The van der Waals surface area contributed by atoms with Crippen molar-refractivity contribution in [1.82, 2.24) is 0 Å². The number of hydrogen-bond acceptors (Lipinski definition) is 1. The SMILES string of the molecule is Cc1cc[n+](CCCCCCCCCCCS)cc1.[Br-]. The van der Waals surface area contributed by atoms with Crippen molar-refractivity contribution in [1.29, 1.82) is 0 Å². The van der Waals surface area contributed by atoms with Gasteiger partial charge < -0.3 is 17.0 Å². The molecule has 0 aliphatic rings. The van der Waals surface area contributed by atoms with Gasteiger partial charge in [-0.2, -0.15) is 12.6 Å². The highest BCUT2D eigenvalue weighted by Gasteiger charge is 1.99. The van der Waals surface area contributed by atoms with Crippen LogP contribution in [0.4, 0.5) is 0 Å². The van der Waals surface area contributed by atoms with E-state index in [1.165, 1.54) is 69.9 Å². The monoisotopic (exact) mass is 359 g/mol. The second-order valence-corrected chi connectivity index (χ2v) is 5.97. The van der Waals surface area contributed by atoms with E-state index >= 15 is 0 Å². The Hall–Kier alpha value is -0.0200. The van der Waals surface area contributed by atoms with Gasteiger partial charge in [0.25, 0.3) is 0 Å². The summed E-state index contributed by atoms with van der Waals surface area (Å²) in [5, 5.41) is 0. The molecular formula is C17H30BrNS. The quantitative estimate of drug-likeness (QED) is 0.348. The molecule has 0 fully saturated rings. The molecule has 0 aromatic carbocycles. The number of rotatable bonds is 11. The number of halogens is 1. The first-order chi connectivity index (χ1) is 9.33. The Bertz CT molecular complexity index is 313. The number of aryl methyl sites for hydroxylation is 2. The van der Waals surface area contributed by atoms with Gasteiger partial charge in [0.15, 0.2) is 12.4 Å². The fourth-order valence-electron chi connectivity index (χ4n) is 2.32. The maximum Gasteiger partial charge on any atom is 0.169 e. The van der Waals surface area contributed by atoms with Crippen molar-refractivity contribution < 1.29 is 21.5 Å². The molecule has 1 nitrogen and oxygen atoms in total. The molecule has 0 saturated heterocycles. The molecule has 0 radical (unpaired) electrons. The summed E-state index contributed by atoms with van der Waals surface area (Å²) in [6.07, 6.45) is 16.8. The van der Waals surface area contributed by atoms with Gasteiger partial charge in [-0.05, 0) is 31.1 Å². The number of thiol groups is 1. The van der Waals surface area contributed by atoms with E-state index in [9.17, 15) is 0 Å². The van der Waals surface area contributed by atoms with E-state index < -0.39 is 0 Å². The molecule has 0 amide bonds. The Morgan fingerprint density at radius 1 is 0.800 bits per heavy atom. The maximum absolute atomic E-state index is 4.24. The second kappa shape index (κ2) is 13.9. The molecule has 1 aromatic heterocycles. The zero-order valence-corrected chi connectivity index (χ0v) is 15.3. The summed E-state index contributed by atoms with van der Waals surface area (Å²) in [5.41, 5.74) is 1.34. The highest BCUT2D eigenvalue weighted by atomic mass is 79.9. The van der Waals surface area contributed by atoms with E-state index in [2.05, 4.69) is 48.6 Å². The van der Waals surface area contributed by atoms with Gasteiger partial charge >= 0.3 is 0 Å². The number of unbranched alkanes of at least 4 members (excludes halogenated alkanes) is 8. The van der Waals surface area contributed by atoms with Gasteiger partial charge in [-0.15, -0.1) is 0 Å². The summed E-state index contributed by atoms with van der Waals surface area (Å²) < 4.78 is 2.30. The molecule has 0 saturated carbocycles. The summed E-state index contributed by atoms with van der Waals surface area (Å²) in [7, 11) is 0. The first-order valence-electron chi connectivity index (χ1n) is 7.89. The predicted octanol–water partition coefficient (Wildman–Crippen LogP) is 1.73. The molecule has 0 spiro atoms. The Morgan fingerprint density at radius 2 is 1.25 bits per heavy atom. The first-order valence-corrected chi connectivity index (χ1v) is 8.53. The highest BCUT2D eigenvalue weighted by molar-refractivity contribution is 7.80. The van der Waals surface area contributed by atoms with Crippen molar-refractivity contribution in [2.24, 2.45) is 0 Å². The van der Waals surface area contributed by atoms with Crippen LogP contribution in [0.1, 0.15) is 63.4 Å². The molecule has 0 N–H and O–H groups in total. The molecule has 0 bridgehead atoms. The fourth-order valence-corrected chi connectivity index (χ4v) is 2.55. The predicted molar refractivity (Wildman–Crippen MR) is 86.8 cm³/mol. The van der Waals surface area contributed by atoms with Crippen molar-refractivity contribution >= 4 is 12.6 Å². The third kappa shape index (κ3) is 10.7. The molecule has 116 valence electrons. The summed E-state index contributed by atoms with van der Waals surface area (Å²) in [4.78, 5) is 0. The smallest absolute Gasteiger partial charge is 0.169 e. The van der Waals surface area contributed by atoms with Crippen LogP contribution < -0.4 is 21.5 Å². The van der Waals surface area contributed by atoms with Crippen LogP contribution in [0, 0.1) is 6.92 Å². The zero-order valence-electron chi connectivity index (χ0n) is 12.9. The summed E-state index contributed by atoms with van der Waals surface area (Å²) in [6.45, 7) is 3.31. The van der Waals surface area contributed by atoms with Crippen molar-refractivity contribution in [2.45, 2.75) is 71.3 Å². The van der Waals surface area contributed by atoms with E-state index in [4.69, 9.17) is 0 Å². The van der Waals surface area contributed by atoms with Crippen molar-refractivity contribution in [3.05, 3.63) is 30.1 Å². The normalized spacial score (nSPS) is 10.3. The third-order valence-electron chi connectivity index (χ3n) is 3.63. The van der Waals surface area contributed by atoms with Crippen molar-refractivity contribution in [3.8, 4) is 0 Å². The maximum atomic E-state index is 4.24. The minimum Gasteiger partial charge on any atom is -1.00 e. The van der Waals surface area contributed by atoms with Crippen LogP contribution in [-0.4, -0.2) is 5.75 Å². The zero-order chi connectivity index (χ0) is 13.8. The Balaban J connectivity index is 0.00000361. The lowest BCUT2D eigenvalue weighted by Gasteiger charge is -2.01. The largest absolute Gasteiger partial charge is 1.00 e. The van der Waals surface area contributed by atoms with E-state index in [0.29, 0.717) is 0 Å². The van der Waals surface area contributed by atoms with E-state index in [0.717, 1.165) is 5.75 Å². The van der Waals surface area contributed by atoms with E-state index in [1.54, 1.807) is 0 Å². The highest BCUT2D eigenvalue weighted by Crippen LogP contribution is 2.09. The topological polar surface area (TPSA) is 3.88 Å². The molecule has 20 heavy (non-hydrogen) atoms. The molecule has 3 heteroatoms. The lowest BCUT2D eigenvalue weighted by Crippen LogP contribution is -3.00. The summed E-state index contributed by atoms with van der Waals surface area (Å²) in [6, 6.07) is 4.37. The van der Waals surface area contributed by atoms with Crippen LogP contribution in [-0.2, 0) is 6.54 Å². The fraction of sp³-hybridized carbons (Fsp3) is 0.706. The molecule has 0 atom stereocenters. The molecule has 0 aliphatic carbocycles. The lowest BCUT2D eigenvalue weighted by molar-refractivity contribution is -0.697. The second-order valence-electron chi connectivity index (χ2n) is 5.52. The number of nitrogens with zero attached hydrogens (tertiary/aromatic N) is 1.